The Labute approximate surface area is 859 Å². The number of phenols is 5. The van der Waals surface area contributed by atoms with Gasteiger partial charge in [-0.05, 0) is 291 Å². The summed E-state index contributed by atoms with van der Waals surface area (Å²) in [6.07, 6.45) is 9.44. The highest BCUT2D eigenvalue weighted by Gasteiger charge is 2.22. The molecule has 9 aromatic carbocycles. The Morgan fingerprint density at radius 1 is 0.281 bits per heavy atom. The molecule has 18 N–H and O–H groups in total. The van der Waals surface area contributed by atoms with E-state index < -0.39 is 77.2 Å². The molecule has 5 atom stereocenters. The van der Waals surface area contributed by atoms with Crippen molar-refractivity contribution < 1.29 is 128 Å². The van der Waals surface area contributed by atoms with Gasteiger partial charge in [-0.1, -0.05) is 168 Å². The molecule has 2 unspecified atom stereocenters. The number of methoxy groups -OCH3 is 1. The summed E-state index contributed by atoms with van der Waals surface area (Å²) in [4.78, 5) is 0. The van der Waals surface area contributed by atoms with E-state index >= 15 is 0 Å². The quantitative estimate of drug-likeness (QED) is 0.0157. The first kappa shape index (κ1) is 132. The lowest BCUT2D eigenvalue weighted by Gasteiger charge is -2.17. The fourth-order valence-electron chi connectivity index (χ4n) is 13.6. The van der Waals surface area contributed by atoms with E-state index in [1.165, 1.54) is 76.9 Å². The van der Waals surface area contributed by atoms with Gasteiger partial charge in [-0.3, -0.25) is 4.39 Å². The van der Waals surface area contributed by atoms with Gasteiger partial charge < -0.3 is 112 Å². The van der Waals surface area contributed by atoms with Crippen LogP contribution in [0.25, 0.3) is 0 Å². The first-order chi connectivity index (χ1) is 69.3. The smallest absolute Gasteiger partial charge is 0.203 e. The zero-order valence-electron chi connectivity index (χ0n) is 87.6. The van der Waals surface area contributed by atoms with Gasteiger partial charge in [-0.25, -0.2) is 35.1 Å². The van der Waals surface area contributed by atoms with Crippen LogP contribution in [-0.4, -0.2) is 158 Å². The number of hydrogen-bond donors (Lipinski definition) is 14. The maximum atomic E-state index is 12.9. The number of aliphatic hydroxyl groups is 5. The van der Waals surface area contributed by atoms with Crippen molar-refractivity contribution in [3.05, 3.63) is 291 Å². The van der Waals surface area contributed by atoms with E-state index in [4.69, 9.17) is 60.8 Å². The van der Waals surface area contributed by atoms with Crippen molar-refractivity contribution in [1.82, 2.24) is 0 Å². The number of aromatic hydroxyl groups is 5. The molecule has 9 rings (SSSR count). The summed E-state index contributed by atoms with van der Waals surface area (Å²) in [7, 11) is 1.59. The van der Waals surface area contributed by atoms with E-state index in [1.807, 2.05) is 132 Å². The second-order valence-corrected chi connectivity index (χ2v) is 36.2. The van der Waals surface area contributed by atoms with Crippen molar-refractivity contribution in [1.29, 1.82) is 0 Å². The van der Waals surface area contributed by atoms with Gasteiger partial charge in [0.25, 0.3) is 0 Å². The number of hydrogen-bond acceptors (Lipinski definition) is 22. The highest BCUT2D eigenvalue weighted by atomic mass is 19.2. The first-order valence-corrected chi connectivity index (χ1v) is 49.1. The molecule has 9 aromatic rings. The lowest BCUT2D eigenvalue weighted by Crippen LogP contribution is -2.06. The predicted octanol–water partition coefficient (Wildman–Crippen LogP) is 24.7. The monoisotopic (exact) mass is 2060 g/mol. The maximum Gasteiger partial charge on any atom is 0.203 e. The Morgan fingerprint density at radius 2 is 0.589 bits per heavy atom. The zero-order chi connectivity index (χ0) is 110. The number of aryl methyl sites for hydroxylation is 8. The Hall–Kier alpha value is -12.3. The van der Waals surface area contributed by atoms with Crippen LogP contribution in [0.15, 0.2) is 213 Å². The number of nitrogens with two attached hydrogens (primary N) is 4. The third-order valence-electron chi connectivity index (χ3n) is 21.4. The van der Waals surface area contributed by atoms with Gasteiger partial charge in [0, 0.05) is 34.9 Å². The molecule has 0 radical (unpaired) electrons. The van der Waals surface area contributed by atoms with Crippen LogP contribution >= 0.6 is 0 Å². The van der Waals surface area contributed by atoms with Crippen LogP contribution < -0.4 is 60.8 Å². The second kappa shape index (κ2) is 75.4. The van der Waals surface area contributed by atoms with Crippen molar-refractivity contribution in [2.24, 2.45) is 52.5 Å². The molecule has 0 heterocycles. The summed E-state index contributed by atoms with van der Waals surface area (Å²) >= 11 is 0. The standard InChI is InChI=1S/C15H22FNO2.C14H20FNO.C14H20FN.C13H18FNO.C12H17FO4.3C12H17FO3.C11H15FO/c1-11-9-13(6-4-5-12(2)17)10-14(18-3)15(11)19-8-7-16;1-11-10-13(5-3-4-12(2)16)6-7-14(11)17-9-8-15;1-12(16)4-2-5-13-7-9-14(10-8-13)6-3-11-15;1-11(15)3-2-4-12-5-7-13(8-6-12)16-10-9-14;1-7(2)11(16)8-5-9(14)12(10(15)6-8)17-4-3-13;2*1-8(2)12(15)9-5-10(14)7-11(6-9)16-4-3-13;1-8(2)12(15)9-3-4-11(10(14)7-9)16-6-5-13;1-7(2)11(13)9-4-5-10(12)8(3)6-9/h9-10H,2,4-8,17H2,1,3H3;6-7,10H,2-5,8-9,16H2,1H3;7-10H,1-6,11,16H2;5-8H,1-4,9-10,15H2;5-7,11,14-16H,3-4H2,1-2H3;2*5-8,12,14-15H,3-4H2,1-2H3;3-4,7-8,12,14-15H,5-6H2,1-2H3;4-7,11,13H,1-3H3/t;;;;;3*12-;/m.....000./s1. The van der Waals surface area contributed by atoms with Gasteiger partial charge in [0.05, 0.1) is 44.3 Å². The lowest BCUT2D eigenvalue weighted by molar-refractivity contribution is 0.126. The fourth-order valence-corrected chi connectivity index (χ4v) is 13.6. The summed E-state index contributed by atoms with van der Waals surface area (Å²) < 4.78 is 150. The summed E-state index contributed by atoms with van der Waals surface area (Å²) in [5.74, 6) is 2.88. The van der Waals surface area contributed by atoms with Crippen LogP contribution in [0, 0.1) is 56.2 Å². The van der Waals surface area contributed by atoms with Gasteiger partial charge in [0.1, 0.15) is 133 Å². The Bertz CT molecular complexity index is 4980. The molecule has 0 aromatic heterocycles. The number of ether oxygens (including phenoxy) is 8. The summed E-state index contributed by atoms with van der Waals surface area (Å²) in [5.41, 5.74) is 36.6. The van der Waals surface area contributed by atoms with Crippen LogP contribution in [0.4, 0.5) is 39.5 Å². The molecule has 0 amide bonds. The molecular formula is C115H163F9N4O18. The normalized spacial score (nSPS) is 11.7. The van der Waals surface area contributed by atoms with Gasteiger partial charge >= 0.3 is 0 Å². The van der Waals surface area contributed by atoms with E-state index in [0.717, 1.165) is 129 Å². The van der Waals surface area contributed by atoms with E-state index in [0.29, 0.717) is 68.7 Å². The van der Waals surface area contributed by atoms with E-state index in [9.17, 15) is 90.6 Å². The van der Waals surface area contributed by atoms with Crippen molar-refractivity contribution in [2.75, 3.05) is 107 Å². The minimum absolute atomic E-state index is 0.00561. The third kappa shape index (κ3) is 55.9. The van der Waals surface area contributed by atoms with E-state index in [1.54, 1.807) is 44.4 Å². The molecule has 22 nitrogen and oxygen atoms in total. The van der Waals surface area contributed by atoms with Crippen molar-refractivity contribution in [2.45, 2.75) is 210 Å². The van der Waals surface area contributed by atoms with Crippen LogP contribution in [0.1, 0.15) is 230 Å². The minimum atomic E-state index is -0.790. The number of alkyl halides is 8. The topological polar surface area (TPSA) is 380 Å². The van der Waals surface area contributed by atoms with Gasteiger partial charge in [0.2, 0.25) is 5.75 Å². The molecule has 0 fully saturated rings. The second-order valence-electron chi connectivity index (χ2n) is 36.2. The molecule has 0 spiro atoms. The van der Waals surface area contributed by atoms with Gasteiger partial charge in [-0.2, -0.15) is 0 Å². The highest BCUT2D eigenvalue weighted by Crippen LogP contribution is 2.41. The number of benzene rings is 9. The van der Waals surface area contributed by atoms with Crippen molar-refractivity contribution in [3.8, 4) is 74.7 Å². The molecule has 0 aliphatic heterocycles. The highest BCUT2D eigenvalue weighted by molar-refractivity contribution is 5.53. The number of halogens is 9. The van der Waals surface area contributed by atoms with Gasteiger partial charge in [-0.15, -0.1) is 0 Å². The van der Waals surface area contributed by atoms with E-state index in [-0.39, 0.29) is 129 Å². The molecule has 0 bridgehead atoms. The molecule has 0 saturated carbocycles. The molecule has 0 aliphatic rings. The Morgan fingerprint density at radius 3 is 0.959 bits per heavy atom. The summed E-state index contributed by atoms with van der Waals surface area (Å²) in [6, 6.07) is 47.0. The molecule has 814 valence electrons. The molecule has 0 aliphatic carbocycles. The van der Waals surface area contributed by atoms with Crippen LogP contribution in [-0.2, 0) is 32.1 Å². The zero-order valence-corrected chi connectivity index (χ0v) is 87.6. The largest absolute Gasteiger partial charge is 0.508 e. The summed E-state index contributed by atoms with van der Waals surface area (Å²) in [5, 5.41) is 96.6. The maximum absolute atomic E-state index is 12.9. The third-order valence-corrected chi connectivity index (χ3v) is 21.4. The summed E-state index contributed by atoms with van der Waals surface area (Å²) in [6.45, 7) is 34.7. The molecule has 146 heavy (non-hydrogen) atoms. The Kier molecular flexibility index (Phi) is 68.0. The molecule has 31 heteroatoms. The first-order valence-electron chi connectivity index (χ1n) is 49.1. The number of rotatable bonds is 51. The number of phenolic OH excluding ortho intramolecular Hbond substituents is 5. The number of allylic oxidation sites excluding steroid dienone is 4. The SMILES string of the molecule is C=C(N)CCCc1cc(C)c(OCCF)c(OC)c1.C=C(N)CCCc1ccc(CCCF)cc1.C=C(N)CCCc1ccc(OCCF)c(C)c1.C=C(N)CCCc1ccc(OCCF)cc1.CC(C)C(O)c1cc(O)c(OCCF)c(O)c1.CC(C)[C@H](O)c1cc(O)cc(OCCF)c1.CC(C)[C@H](O)c1cc(O)cc(OCCF)c1.CC(C)[C@H](O)c1ccc(OCCF)c(O)c1.Cc1cc(C(O)C(C)C)ccc1F. The average Bonchev–Trinajstić information content (AvgIpc) is 0.825. The molecule has 0 saturated heterocycles. The van der Waals surface area contributed by atoms with Crippen LogP contribution in [0.2, 0.25) is 0 Å². The molecular weight excluding hydrogens is 1900 g/mol. The van der Waals surface area contributed by atoms with Crippen molar-refractivity contribution >= 4 is 0 Å². The number of aliphatic hydroxyl groups excluding tert-OH is 5. The minimum Gasteiger partial charge on any atom is -0.508 e. The Balaban J connectivity index is 0.000000822. The van der Waals surface area contributed by atoms with E-state index in [2.05, 4.69) is 56.6 Å². The predicted molar refractivity (Wildman–Crippen MR) is 566 cm³/mol. The van der Waals surface area contributed by atoms with Crippen LogP contribution in [0.3, 0.4) is 0 Å². The van der Waals surface area contributed by atoms with Gasteiger partial charge in [0.15, 0.2) is 34.5 Å². The van der Waals surface area contributed by atoms with Crippen LogP contribution in [0.5, 0.6) is 74.7 Å². The van der Waals surface area contributed by atoms with Crippen molar-refractivity contribution in [3.63, 3.8) is 0 Å². The lowest BCUT2D eigenvalue weighted by atomic mass is 9.98. The average molecular weight is 2060 g/mol. The fraction of sp³-hybridized carbons (Fsp3) is 0.461.